The van der Waals surface area contributed by atoms with Crippen molar-refractivity contribution in [1.82, 2.24) is 19.3 Å². The molecule has 210 valence electrons. The van der Waals surface area contributed by atoms with E-state index in [4.69, 9.17) is 0 Å². The van der Waals surface area contributed by atoms with Gasteiger partial charge in [0.2, 0.25) is 0 Å². The Kier molecular flexibility index (Phi) is 12.9. The first-order valence-corrected chi connectivity index (χ1v) is 14.1. The molecule has 3 aromatic heterocycles. The minimum atomic E-state index is -0.148. The van der Waals surface area contributed by atoms with Crippen LogP contribution in [0.4, 0.5) is 10.1 Å². The number of hydrogen-bond donors (Lipinski definition) is 0. The number of imidazole rings is 1. The van der Waals surface area contributed by atoms with Gasteiger partial charge in [0.1, 0.15) is 17.2 Å². The van der Waals surface area contributed by atoms with Crippen LogP contribution < -0.4 is 4.90 Å². The zero-order valence-electron chi connectivity index (χ0n) is 24.9. The van der Waals surface area contributed by atoms with E-state index in [1.165, 1.54) is 29.4 Å². The third kappa shape index (κ3) is 9.19. The molecule has 1 aliphatic rings. The third-order valence-corrected chi connectivity index (χ3v) is 6.91. The highest BCUT2D eigenvalue weighted by Gasteiger charge is 2.22. The van der Waals surface area contributed by atoms with Gasteiger partial charge in [-0.2, -0.15) is 0 Å². The lowest BCUT2D eigenvalue weighted by Gasteiger charge is -2.40. The Morgan fingerprint density at radius 3 is 2.37 bits per heavy atom. The van der Waals surface area contributed by atoms with Gasteiger partial charge < -0.3 is 19.0 Å². The molecule has 4 rings (SSSR count). The van der Waals surface area contributed by atoms with Crippen molar-refractivity contribution in [3.8, 4) is 0 Å². The molecule has 4 heterocycles. The zero-order chi connectivity index (χ0) is 28.2. The topological polar surface area (TPSA) is 53.7 Å². The Labute approximate surface area is 229 Å². The Hall–Kier alpha value is -2.80. The van der Waals surface area contributed by atoms with Crippen LogP contribution in [0.2, 0.25) is 0 Å². The van der Waals surface area contributed by atoms with Crippen molar-refractivity contribution in [2.45, 2.75) is 93.0 Å². The van der Waals surface area contributed by atoms with E-state index < -0.39 is 0 Å². The molecule has 0 N–H and O–H groups in total. The van der Waals surface area contributed by atoms with E-state index in [0.717, 1.165) is 63.0 Å². The summed E-state index contributed by atoms with van der Waals surface area (Å²) in [7, 11) is 2.22. The van der Waals surface area contributed by atoms with Gasteiger partial charge in [0, 0.05) is 73.7 Å². The number of halogens is 1. The number of fused-ring (bicyclic) bond motifs is 1. The van der Waals surface area contributed by atoms with E-state index in [0.29, 0.717) is 11.7 Å². The average molecular weight is 526 g/mol. The van der Waals surface area contributed by atoms with Gasteiger partial charge in [-0.05, 0) is 65.6 Å². The second-order valence-electron chi connectivity index (χ2n) is 10.4. The van der Waals surface area contributed by atoms with Crippen LogP contribution in [0.5, 0.6) is 0 Å². The van der Waals surface area contributed by atoms with Crippen molar-refractivity contribution < 1.29 is 9.18 Å². The first kappa shape index (κ1) is 31.4. The Bertz CT molecular complexity index is 1160. The molecule has 1 aliphatic heterocycles. The second-order valence-corrected chi connectivity index (χ2v) is 10.4. The van der Waals surface area contributed by atoms with Gasteiger partial charge in [-0.25, -0.2) is 9.37 Å². The fraction of sp³-hybridized carbons (Fsp3) is 0.581. The highest BCUT2D eigenvalue weighted by molar-refractivity contribution is 5.75. The molecule has 6 nitrogen and oxygen atoms in total. The van der Waals surface area contributed by atoms with Crippen molar-refractivity contribution in [3.05, 3.63) is 59.1 Å². The number of aryl methyl sites for hydroxylation is 3. The summed E-state index contributed by atoms with van der Waals surface area (Å²) in [5.41, 5.74) is 6.40. The van der Waals surface area contributed by atoms with E-state index in [-0.39, 0.29) is 11.6 Å². The van der Waals surface area contributed by atoms with Crippen LogP contribution >= 0.6 is 0 Å². The Morgan fingerprint density at radius 2 is 1.79 bits per heavy atom. The predicted molar refractivity (Wildman–Crippen MR) is 157 cm³/mol. The summed E-state index contributed by atoms with van der Waals surface area (Å²) in [6.07, 6.45) is 11.5. The summed E-state index contributed by atoms with van der Waals surface area (Å²) in [5, 5.41) is 0. The number of anilines is 1. The van der Waals surface area contributed by atoms with Crippen molar-refractivity contribution in [2.75, 3.05) is 31.6 Å². The van der Waals surface area contributed by atoms with Crippen LogP contribution in [-0.4, -0.2) is 57.8 Å². The highest BCUT2D eigenvalue weighted by Crippen LogP contribution is 2.26. The fourth-order valence-electron chi connectivity index (χ4n) is 4.69. The lowest BCUT2D eigenvalue weighted by atomic mass is 10.0. The van der Waals surface area contributed by atoms with Gasteiger partial charge in [-0.3, -0.25) is 4.98 Å². The molecule has 0 aliphatic carbocycles. The number of ketones is 1. The maximum Gasteiger partial charge on any atom is 0.139 e. The molecule has 1 fully saturated rings. The van der Waals surface area contributed by atoms with Crippen molar-refractivity contribution in [3.63, 3.8) is 0 Å². The van der Waals surface area contributed by atoms with Crippen LogP contribution in [-0.2, 0) is 17.6 Å². The monoisotopic (exact) mass is 525 g/mol. The number of carbonyl (C=O) groups is 1. The molecule has 0 bridgehead atoms. The predicted octanol–water partition coefficient (Wildman–Crippen LogP) is 6.59. The number of hydrogen-bond acceptors (Lipinski definition) is 5. The Morgan fingerprint density at radius 1 is 1.08 bits per heavy atom. The van der Waals surface area contributed by atoms with E-state index >= 15 is 0 Å². The number of pyridine rings is 2. The first-order valence-electron chi connectivity index (χ1n) is 14.1. The van der Waals surface area contributed by atoms with E-state index in [1.807, 2.05) is 43.8 Å². The lowest BCUT2D eigenvalue weighted by Crippen LogP contribution is -2.50. The molecule has 0 radical (unpaired) electrons. The number of aromatic nitrogens is 3. The zero-order valence-corrected chi connectivity index (χ0v) is 24.9. The van der Waals surface area contributed by atoms with Gasteiger partial charge in [0.25, 0.3) is 0 Å². The minimum absolute atomic E-state index is 0.148. The molecule has 0 aromatic carbocycles. The van der Waals surface area contributed by atoms with Crippen molar-refractivity contribution >= 4 is 17.1 Å². The summed E-state index contributed by atoms with van der Waals surface area (Å²) in [6, 6.07) is 4.32. The molecule has 1 unspecified atom stereocenters. The fourth-order valence-corrected chi connectivity index (χ4v) is 4.69. The van der Waals surface area contributed by atoms with E-state index in [9.17, 15) is 9.18 Å². The Balaban J connectivity index is 0.000000225. The van der Waals surface area contributed by atoms with Crippen LogP contribution in [0.25, 0.3) is 5.65 Å². The first-order chi connectivity index (χ1) is 18.1. The smallest absolute Gasteiger partial charge is 0.139 e. The summed E-state index contributed by atoms with van der Waals surface area (Å²) >= 11 is 0. The molecule has 7 heteroatoms. The number of piperazine rings is 1. The van der Waals surface area contributed by atoms with Gasteiger partial charge in [-0.15, -0.1) is 0 Å². The summed E-state index contributed by atoms with van der Waals surface area (Å²) in [5.74, 6) is 0.141. The lowest BCUT2D eigenvalue weighted by molar-refractivity contribution is -0.117. The average Bonchev–Trinajstić information content (AvgIpc) is 3.22. The quantitative estimate of drug-likeness (QED) is 0.348. The molecule has 3 aromatic rings. The maximum atomic E-state index is 13.5. The van der Waals surface area contributed by atoms with E-state index in [2.05, 4.69) is 53.7 Å². The van der Waals surface area contributed by atoms with Crippen molar-refractivity contribution in [2.24, 2.45) is 0 Å². The number of nitrogens with zero attached hydrogens (tertiary/aromatic N) is 5. The van der Waals surface area contributed by atoms with Gasteiger partial charge in [-0.1, -0.05) is 33.6 Å². The normalized spacial score (nSPS) is 15.5. The van der Waals surface area contributed by atoms with Gasteiger partial charge in [0.15, 0.2) is 0 Å². The van der Waals surface area contributed by atoms with E-state index in [1.54, 1.807) is 6.92 Å². The molecule has 1 atom stereocenters. The van der Waals surface area contributed by atoms with Gasteiger partial charge >= 0.3 is 0 Å². The largest absolute Gasteiger partial charge is 0.368 e. The number of likely N-dealkylation sites (N-methyl/N-ethyl adjacent to an activating group) is 1. The van der Waals surface area contributed by atoms with Crippen LogP contribution in [0.3, 0.4) is 0 Å². The van der Waals surface area contributed by atoms with Crippen LogP contribution in [0.15, 0.2) is 30.7 Å². The summed E-state index contributed by atoms with van der Waals surface area (Å²) in [4.78, 5) is 23.7. The second kappa shape index (κ2) is 15.6. The van der Waals surface area contributed by atoms with Crippen LogP contribution in [0, 0.1) is 19.7 Å². The molecular weight excluding hydrogens is 477 g/mol. The van der Waals surface area contributed by atoms with Crippen LogP contribution in [0.1, 0.15) is 82.8 Å². The molecule has 0 spiro atoms. The summed E-state index contributed by atoms with van der Waals surface area (Å²) < 4.78 is 15.3. The maximum absolute atomic E-state index is 13.5. The standard InChI is InChI=1S/C15H25N3.C11H13FN2.C5H10O/c1-5-6-14-13(3)16-8-7-15(14)18-10-9-17(4)12(2)11-18;1-3-4-9-7-14-6-8(2)13-11(14)5-10(9)12;1-3-4-5(2)6/h7-8,12H,5-6,9-11H2,1-4H3;5-7H,3-4H2,1-2H3;3-4H2,1-2H3. The molecule has 0 saturated carbocycles. The third-order valence-electron chi connectivity index (χ3n) is 6.91. The SMILES string of the molecule is CCCC(C)=O.CCCc1c(N2CCN(C)C(C)C2)ccnc1C.CCCc1cn2cc(C)nc2cc1F. The van der Waals surface area contributed by atoms with Crippen molar-refractivity contribution in [1.29, 1.82) is 0 Å². The molecule has 38 heavy (non-hydrogen) atoms. The number of carbonyl (C=O) groups excluding carboxylic acids is 1. The molecule has 0 amide bonds. The number of Topliss-reactive ketones (excluding diaryl/α,β-unsaturated/α-hetero) is 1. The summed E-state index contributed by atoms with van der Waals surface area (Å²) in [6.45, 7) is 17.6. The highest BCUT2D eigenvalue weighted by atomic mass is 19.1. The molecule has 1 saturated heterocycles. The van der Waals surface area contributed by atoms with Gasteiger partial charge in [0.05, 0.1) is 5.69 Å². The molecular formula is C31H48FN5O. The number of rotatable bonds is 7. The minimum Gasteiger partial charge on any atom is -0.368 e.